The van der Waals surface area contributed by atoms with Crippen molar-refractivity contribution in [2.24, 2.45) is 0 Å². The maximum absolute atomic E-state index is 12.7. The zero-order valence-electron chi connectivity index (χ0n) is 16.3. The quantitative estimate of drug-likeness (QED) is 0.818. The number of benzene rings is 2. The van der Waals surface area contributed by atoms with E-state index in [0.717, 1.165) is 30.5 Å². The molecule has 6 nitrogen and oxygen atoms in total. The Morgan fingerprint density at radius 3 is 2.79 bits per heavy atom. The Balaban J connectivity index is 1.41. The van der Waals surface area contributed by atoms with Crippen LogP contribution in [0.15, 0.2) is 47.4 Å². The van der Waals surface area contributed by atoms with Crippen molar-refractivity contribution >= 4 is 27.3 Å². The number of anilines is 1. The van der Waals surface area contributed by atoms with Gasteiger partial charge in [0.1, 0.15) is 0 Å². The molecular formula is C22H24N2O4S. The van der Waals surface area contributed by atoms with Gasteiger partial charge in [-0.3, -0.25) is 9.59 Å². The topological polar surface area (TPSA) is 83.6 Å². The SMILES string of the molecule is CN1C(=O)Cc2cc(S(=O)(=O)CCC(=O)NC3CCCc4ccccc43)ccc21. The molecule has 0 fully saturated rings. The fraction of sp³-hybridized carbons (Fsp3) is 0.364. The van der Waals surface area contributed by atoms with Crippen LogP contribution in [-0.4, -0.2) is 33.0 Å². The van der Waals surface area contributed by atoms with Crippen LogP contribution < -0.4 is 10.2 Å². The summed E-state index contributed by atoms with van der Waals surface area (Å²) in [4.78, 5) is 25.9. The van der Waals surface area contributed by atoms with Gasteiger partial charge in [-0.25, -0.2) is 8.42 Å². The van der Waals surface area contributed by atoms with Crippen molar-refractivity contribution in [2.45, 2.75) is 43.0 Å². The van der Waals surface area contributed by atoms with E-state index in [-0.39, 0.29) is 41.3 Å². The standard InChI is InChI=1S/C22H24N2O4S/c1-24-20-10-9-17(13-16(20)14-22(24)26)29(27,28)12-11-21(25)23-19-8-4-6-15-5-2-3-7-18(15)19/h2-3,5,7,9-10,13,19H,4,6,8,11-12,14H2,1H3,(H,23,25). The molecule has 7 heteroatoms. The lowest BCUT2D eigenvalue weighted by molar-refractivity contribution is -0.121. The van der Waals surface area contributed by atoms with Gasteiger partial charge in [0.2, 0.25) is 11.8 Å². The minimum absolute atomic E-state index is 0.0540. The molecule has 1 unspecified atom stereocenters. The highest BCUT2D eigenvalue weighted by atomic mass is 32.2. The molecular weight excluding hydrogens is 388 g/mol. The van der Waals surface area contributed by atoms with Crippen molar-refractivity contribution < 1.29 is 18.0 Å². The van der Waals surface area contributed by atoms with Crippen LogP contribution in [0.5, 0.6) is 0 Å². The summed E-state index contributed by atoms with van der Waals surface area (Å²) in [6.45, 7) is 0. The van der Waals surface area contributed by atoms with Crippen molar-refractivity contribution in [3.63, 3.8) is 0 Å². The van der Waals surface area contributed by atoms with Crippen LogP contribution in [0.4, 0.5) is 5.69 Å². The zero-order chi connectivity index (χ0) is 20.6. The minimum atomic E-state index is -3.60. The van der Waals surface area contributed by atoms with E-state index in [1.165, 1.54) is 16.5 Å². The Morgan fingerprint density at radius 2 is 1.97 bits per heavy atom. The Labute approximate surface area is 170 Å². The summed E-state index contributed by atoms with van der Waals surface area (Å²) in [5.41, 5.74) is 3.82. The molecule has 1 heterocycles. The normalized spacial score (nSPS) is 18.3. The highest BCUT2D eigenvalue weighted by Gasteiger charge is 2.27. The first-order chi connectivity index (χ1) is 13.8. The number of hydrogen-bond donors (Lipinski definition) is 1. The largest absolute Gasteiger partial charge is 0.349 e. The monoisotopic (exact) mass is 412 g/mol. The maximum Gasteiger partial charge on any atom is 0.231 e. The van der Waals surface area contributed by atoms with E-state index < -0.39 is 9.84 Å². The predicted octanol–water partition coefficient (Wildman–Crippen LogP) is 2.56. The lowest BCUT2D eigenvalue weighted by Crippen LogP contribution is -2.32. The highest BCUT2D eigenvalue weighted by molar-refractivity contribution is 7.91. The van der Waals surface area contributed by atoms with Gasteiger partial charge in [-0.05, 0) is 54.2 Å². The summed E-state index contributed by atoms with van der Waals surface area (Å²) in [6, 6.07) is 12.7. The van der Waals surface area contributed by atoms with E-state index in [1.807, 2.05) is 18.2 Å². The van der Waals surface area contributed by atoms with Gasteiger partial charge in [0.15, 0.2) is 9.84 Å². The Kier molecular flexibility index (Phi) is 5.17. The van der Waals surface area contributed by atoms with Crippen LogP contribution in [0.25, 0.3) is 0 Å². The van der Waals surface area contributed by atoms with E-state index in [4.69, 9.17) is 0 Å². The second-order valence-electron chi connectivity index (χ2n) is 7.70. The molecule has 1 atom stereocenters. The second kappa shape index (κ2) is 7.63. The second-order valence-corrected chi connectivity index (χ2v) is 9.81. The lowest BCUT2D eigenvalue weighted by atomic mass is 9.88. The third-order valence-electron chi connectivity index (χ3n) is 5.79. The number of amides is 2. The fourth-order valence-corrected chi connectivity index (χ4v) is 5.44. The molecule has 2 aromatic carbocycles. The van der Waals surface area contributed by atoms with Crippen molar-refractivity contribution in [3.8, 4) is 0 Å². The average Bonchev–Trinajstić information content (AvgIpc) is 3.00. The van der Waals surface area contributed by atoms with Crippen molar-refractivity contribution in [2.75, 3.05) is 17.7 Å². The molecule has 0 saturated heterocycles. The van der Waals surface area contributed by atoms with Gasteiger partial charge in [-0.1, -0.05) is 24.3 Å². The summed E-state index contributed by atoms with van der Waals surface area (Å²) in [5.74, 6) is -0.566. The van der Waals surface area contributed by atoms with Crippen LogP contribution in [0, 0.1) is 0 Å². The molecule has 0 bridgehead atoms. The molecule has 0 spiro atoms. The number of nitrogens with zero attached hydrogens (tertiary/aromatic N) is 1. The molecule has 2 aromatic rings. The number of likely N-dealkylation sites (N-methyl/N-ethyl adjacent to an activating group) is 1. The van der Waals surface area contributed by atoms with E-state index >= 15 is 0 Å². The summed E-state index contributed by atoms with van der Waals surface area (Å²) >= 11 is 0. The summed E-state index contributed by atoms with van der Waals surface area (Å²) in [6.07, 6.45) is 2.99. The number of hydrogen-bond acceptors (Lipinski definition) is 4. The van der Waals surface area contributed by atoms with Gasteiger partial charge in [-0.2, -0.15) is 0 Å². The molecule has 4 rings (SSSR count). The van der Waals surface area contributed by atoms with Crippen LogP contribution in [0.3, 0.4) is 0 Å². The molecule has 2 amide bonds. The van der Waals surface area contributed by atoms with E-state index in [2.05, 4.69) is 11.4 Å². The first-order valence-electron chi connectivity index (χ1n) is 9.84. The first kappa shape index (κ1) is 19.6. The number of nitrogens with one attached hydrogen (secondary N) is 1. The molecule has 0 aromatic heterocycles. The van der Waals surface area contributed by atoms with Crippen molar-refractivity contribution in [1.82, 2.24) is 5.32 Å². The highest BCUT2D eigenvalue weighted by Crippen LogP contribution is 2.31. The third-order valence-corrected chi connectivity index (χ3v) is 7.50. The number of fused-ring (bicyclic) bond motifs is 2. The van der Waals surface area contributed by atoms with Gasteiger partial charge in [-0.15, -0.1) is 0 Å². The van der Waals surface area contributed by atoms with Crippen molar-refractivity contribution in [1.29, 1.82) is 0 Å². The average molecular weight is 413 g/mol. The number of aryl methyl sites for hydroxylation is 1. The molecule has 2 aliphatic rings. The van der Waals surface area contributed by atoms with Crippen LogP contribution in [0.2, 0.25) is 0 Å². The molecule has 0 saturated carbocycles. The minimum Gasteiger partial charge on any atom is -0.349 e. The Hall–Kier alpha value is -2.67. The fourth-order valence-electron chi connectivity index (χ4n) is 4.16. The van der Waals surface area contributed by atoms with Gasteiger partial charge in [0.25, 0.3) is 0 Å². The van der Waals surface area contributed by atoms with Gasteiger partial charge < -0.3 is 10.2 Å². The van der Waals surface area contributed by atoms with Crippen molar-refractivity contribution in [3.05, 3.63) is 59.2 Å². The van der Waals surface area contributed by atoms with Crippen LogP contribution >= 0.6 is 0 Å². The molecule has 29 heavy (non-hydrogen) atoms. The molecule has 1 aliphatic carbocycles. The Morgan fingerprint density at radius 1 is 1.17 bits per heavy atom. The van der Waals surface area contributed by atoms with Gasteiger partial charge in [0.05, 0.1) is 23.1 Å². The van der Waals surface area contributed by atoms with Crippen LogP contribution in [0.1, 0.15) is 42.0 Å². The lowest BCUT2D eigenvalue weighted by Gasteiger charge is -2.26. The summed E-state index contributed by atoms with van der Waals surface area (Å²) < 4.78 is 25.4. The molecule has 1 N–H and O–H groups in total. The van der Waals surface area contributed by atoms with E-state index in [9.17, 15) is 18.0 Å². The summed E-state index contributed by atoms with van der Waals surface area (Å²) in [7, 11) is -1.93. The Bertz CT molecular complexity index is 1080. The van der Waals surface area contributed by atoms with Crippen LogP contribution in [-0.2, 0) is 32.3 Å². The molecule has 152 valence electrons. The molecule has 1 aliphatic heterocycles. The third kappa shape index (κ3) is 3.92. The number of carbonyl (C=O) groups is 2. The smallest absolute Gasteiger partial charge is 0.231 e. The number of rotatable bonds is 5. The van der Waals surface area contributed by atoms with E-state index in [1.54, 1.807) is 19.2 Å². The van der Waals surface area contributed by atoms with Gasteiger partial charge >= 0.3 is 0 Å². The van der Waals surface area contributed by atoms with E-state index in [0.29, 0.717) is 5.56 Å². The maximum atomic E-state index is 12.7. The van der Waals surface area contributed by atoms with Gasteiger partial charge in [0, 0.05) is 19.2 Å². The number of carbonyl (C=O) groups excluding carboxylic acids is 2. The number of sulfone groups is 1. The first-order valence-corrected chi connectivity index (χ1v) is 11.5. The summed E-state index contributed by atoms with van der Waals surface area (Å²) in [5, 5.41) is 3.00. The predicted molar refractivity (Wildman–Crippen MR) is 110 cm³/mol. The molecule has 0 radical (unpaired) electrons. The zero-order valence-corrected chi connectivity index (χ0v) is 17.2.